The first kappa shape index (κ1) is 12.3. The number of hydrogen-bond donors (Lipinski definition) is 0. The number of hydrogen-bond acceptors (Lipinski definition) is 2. The Hall–Kier alpha value is -1.71. The lowest BCUT2D eigenvalue weighted by Crippen LogP contribution is -1.99. The zero-order chi connectivity index (χ0) is 13.2. The molecule has 0 aliphatic rings. The topological polar surface area (TPSA) is 26.5 Å². The molecule has 19 heavy (non-hydrogen) atoms. The highest BCUT2D eigenvalue weighted by atomic mass is 35.5. The Morgan fingerprint density at radius 3 is 2.63 bits per heavy atom. The summed E-state index contributed by atoms with van der Waals surface area (Å²) in [6, 6.07) is 10.9. The van der Waals surface area contributed by atoms with Crippen LogP contribution in [0.1, 0.15) is 5.69 Å². The number of aromatic nitrogens is 2. The van der Waals surface area contributed by atoms with Gasteiger partial charge in [-0.25, -0.2) is 4.98 Å². The molecular weight excluding hydrogens is 283 g/mol. The van der Waals surface area contributed by atoms with Gasteiger partial charge < -0.3 is 9.14 Å². The zero-order valence-corrected chi connectivity index (χ0v) is 11.4. The zero-order valence-electron chi connectivity index (χ0n) is 9.88. The highest BCUT2D eigenvalue weighted by Crippen LogP contribution is 2.18. The maximum atomic E-state index is 5.92. The highest BCUT2D eigenvalue weighted by Gasteiger charge is 2.04. The van der Waals surface area contributed by atoms with E-state index in [4.69, 9.17) is 27.9 Å². The summed E-state index contributed by atoms with van der Waals surface area (Å²) in [6.45, 7) is 0.435. The van der Waals surface area contributed by atoms with Crippen LogP contribution >= 0.6 is 23.2 Å². The summed E-state index contributed by atoms with van der Waals surface area (Å²) in [5.41, 5.74) is 1.77. The van der Waals surface area contributed by atoms with Gasteiger partial charge in [-0.1, -0.05) is 23.2 Å². The van der Waals surface area contributed by atoms with Crippen LogP contribution in [0.5, 0.6) is 5.75 Å². The van der Waals surface area contributed by atoms with E-state index in [1.165, 1.54) is 0 Å². The van der Waals surface area contributed by atoms with Crippen molar-refractivity contribution in [2.75, 3.05) is 0 Å². The monoisotopic (exact) mass is 292 g/mol. The molecule has 0 saturated heterocycles. The molecule has 1 aromatic carbocycles. The van der Waals surface area contributed by atoms with Gasteiger partial charge in [-0.05, 0) is 36.4 Å². The Morgan fingerprint density at radius 2 is 1.84 bits per heavy atom. The van der Waals surface area contributed by atoms with Crippen molar-refractivity contribution >= 4 is 28.8 Å². The second kappa shape index (κ2) is 5.11. The third-order valence-corrected chi connectivity index (χ3v) is 3.24. The van der Waals surface area contributed by atoms with Gasteiger partial charge in [0.2, 0.25) is 0 Å². The van der Waals surface area contributed by atoms with Gasteiger partial charge in [0.15, 0.2) is 0 Å². The lowest BCUT2D eigenvalue weighted by molar-refractivity contribution is 0.300. The van der Waals surface area contributed by atoms with Crippen LogP contribution in [0.3, 0.4) is 0 Å². The summed E-state index contributed by atoms with van der Waals surface area (Å²) < 4.78 is 7.64. The van der Waals surface area contributed by atoms with Crippen LogP contribution < -0.4 is 4.74 Å². The Labute approximate surface area is 120 Å². The second-order valence-electron chi connectivity index (χ2n) is 4.07. The normalized spacial score (nSPS) is 10.8. The van der Waals surface area contributed by atoms with Crippen molar-refractivity contribution in [3.8, 4) is 5.75 Å². The molecule has 2 heterocycles. The molecule has 0 amide bonds. The largest absolute Gasteiger partial charge is 0.487 e. The lowest BCUT2D eigenvalue weighted by atomic mass is 10.3. The molecule has 0 N–H and O–H groups in total. The van der Waals surface area contributed by atoms with E-state index >= 15 is 0 Å². The predicted octanol–water partition coefficient (Wildman–Crippen LogP) is 4.22. The van der Waals surface area contributed by atoms with Crippen LogP contribution in [-0.4, -0.2) is 9.38 Å². The molecule has 3 nitrogen and oxygen atoms in total. The molecule has 0 aliphatic heterocycles. The minimum absolute atomic E-state index is 0.435. The predicted molar refractivity (Wildman–Crippen MR) is 76.0 cm³/mol. The van der Waals surface area contributed by atoms with E-state index in [0.29, 0.717) is 16.7 Å². The van der Waals surface area contributed by atoms with Crippen molar-refractivity contribution < 1.29 is 4.74 Å². The average molecular weight is 293 g/mol. The number of ether oxygens (including phenoxy) is 1. The van der Waals surface area contributed by atoms with Gasteiger partial charge in [-0.3, -0.25) is 0 Å². The Balaban J connectivity index is 1.80. The number of nitrogens with zero attached hydrogens (tertiary/aromatic N) is 2. The Bertz CT molecular complexity index is 707. The van der Waals surface area contributed by atoms with Crippen LogP contribution in [0.25, 0.3) is 5.65 Å². The third-order valence-electron chi connectivity index (χ3n) is 2.75. The minimum Gasteiger partial charge on any atom is -0.487 e. The van der Waals surface area contributed by atoms with Gasteiger partial charge >= 0.3 is 0 Å². The molecule has 0 bridgehead atoms. The summed E-state index contributed by atoms with van der Waals surface area (Å²) in [6.07, 6.45) is 3.66. The fraction of sp³-hybridized carbons (Fsp3) is 0.0714. The Morgan fingerprint density at radius 1 is 1.05 bits per heavy atom. The van der Waals surface area contributed by atoms with Crippen LogP contribution in [-0.2, 0) is 6.61 Å². The number of fused-ring (bicyclic) bond motifs is 1. The van der Waals surface area contributed by atoms with Crippen molar-refractivity contribution in [3.05, 3.63) is 64.5 Å². The first-order valence-corrected chi connectivity index (χ1v) is 6.48. The van der Waals surface area contributed by atoms with Crippen LogP contribution in [0.15, 0.2) is 48.8 Å². The molecule has 0 unspecified atom stereocenters. The van der Waals surface area contributed by atoms with Crippen molar-refractivity contribution in [1.29, 1.82) is 0 Å². The van der Waals surface area contributed by atoms with Gasteiger partial charge in [0, 0.05) is 16.2 Å². The molecule has 0 atom stereocenters. The average Bonchev–Trinajstić information content (AvgIpc) is 2.80. The van der Waals surface area contributed by atoms with Gasteiger partial charge in [-0.2, -0.15) is 0 Å². The maximum absolute atomic E-state index is 5.92. The van der Waals surface area contributed by atoms with Gasteiger partial charge in [0.25, 0.3) is 0 Å². The molecule has 0 saturated carbocycles. The fourth-order valence-electron chi connectivity index (χ4n) is 1.80. The molecule has 2 aromatic heterocycles. The van der Waals surface area contributed by atoms with Crippen LogP contribution in [0.4, 0.5) is 0 Å². The van der Waals surface area contributed by atoms with Gasteiger partial charge in [0.1, 0.15) is 18.0 Å². The standard InChI is InChI=1S/C14H10Cl2N2O/c15-10-1-3-13(4-2-10)19-9-12-8-17-14-7-11(16)5-6-18(12)14/h1-8H,9H2. The van der Waals surface area contributed by atoms with E-state index in [9.17, 15) is 0 Å². The quantitative estimate of drug-likeness (QED) is 0.722. The molecule has 3 rings (SSSR count). The lowest BCUT2D eigenvalue weighted by Gasteiger charge is -2.06. The number of rotatable bonds is 3. The van der Waals surface area contributed by atoms with E-state index in [2.05, 4.69) is 4.98 Å². The number of benzene rings is 1. The van der Waals surface area contributed by atoms with E-state index < -0.39 is 0 Å². The molecule has 0 fully saturated rings. The Kier molecular flexibility index (Phi) is 3.32. The molecular formula is C14H10Cl2N2O. The third kappa shape index (κ3) is 2.67. The smallest absolute Gasteiger partial charge is 0.138 e. The highest BCUT2D eigenvalue weighted by molar-refractivity contribution is 6.31. The van der Waals surface area contributed by atoms with Crippen molar-refractivity contribution in [3.63, 3.8) is 0 Å². The summed E-state index contributed by atoms with van der Waals surface area (Å²) in [4.78, 5) is 4.28. The molecule has 3 aromatic rings. The van der Waals surface area contributed by atoms with E-state index in [-0.39, 0.29) is 0 Å². The van der Waals surface area contributed by atoms with Crippen molar-refractivity contribution in [2.24, 2.45) is 0 Å². The number of imidazole rings is 1. The first-order valence-electron chi connectivity index (χ1n) is 5.72. The number of pyridine rings is 1. The van der Waals surface area contributed by atoms with Crippen LogP contribution in [0, 0.1) is 0 Å². The molecule has 0 aliphatic carbocycles. The summed E-state index contributed by atoms with van der Waals surface area (Å²) >= 11 is 11.7. The van der Waals surface area contributed by atoms with E-state index in [1.54, 1.807) is 18.3 Å². The van der Waals surface area contributed by atoms with Crippen molar-refractivity contribution in [1.82, 2.24) is 9.38 Å². The second-order valence-corrected chi connectivity index (χ2v) is 4.94. The summed E-state index contributed by atoms with van der Waals surface area (Å²) in [7, 11) is 0. The fourth-order valence-corrected chi connectivity index (χ4v) is 2.08. The summed E-state index contributed by atoms with van der Waals surface area (Å²) in [5, 5.41) is 1.36. The summed E-state index contributed by atoms with van der Waals surface area (Å²) in [5.74, 6) is 0.772. The maximum Gasteiger partial charge on any atom is 0.138 e. The van der Waals surface area contributed by atoms with Gasteiger partial charge in [-0.15, -0.1) is 0 Å². The van der Waals surface area contributed by atoms with Crippen molar-refractivity contribution in [2.45, 2.75) is 6.61 Å². The first-order chi connectivity index (χ1) is 9.22. The molecule has 0 radical (unpaired) electrons. The van der Waals surface area contributed by atoms with Gasteiger partial charge in [0.05, 0.1) is 11.9 Å². The van der Waals surface area contributed by atoms with Crippen LogP contribution in [0.2, 0.25) is 10.0 Å². The van der Waals surface area contributed by atoms with E-state index in [0.717, 1.165) is 17.1 Å². The molecule has 0 spiro atoms. The number of halogens is 2. The molecule has 96 valence electrons. The molecule has 5 heteroatoms. The SMILES string of the molecule is Clc1ccc(OCc2cnc3cc(Cl)ccn23)cc1. The van der Waals surface area contributed by atoms with E-state index in [1.807, 2.05) is 34.9 Å². The minimum atomic E-state index is 0.435.